The fraction of sp³-hybridized carbons (Fsp3) is 0.652. The molecule has 0 saturated heterocycles. The van der Waals surface area contributed by atoms with E-state index in [4.69, 9.17) is 0 Å². The Balaban J connectivity index is 1.47. The normalized spacial score (nSPS) is 31.4. The number of allylic oxidation sites excluding steroid dienone is 1. The molecule has 0 aliphatic heterocycles. The third-order valence-corrected chi connectivity index (χ3v) is 6.59. The van der Waals surface area contributed by atoms with Crippen molar-refractivity contribution in [2.75, 3.05) is 0 Å². The molecular formula is C23H33F. The largest absolute Gasteiger partial charge is 0.216 e. The minimum Gasteiger partial charge on any atom is -0.216 e. The molecule has 0 radical (unpaired) electrons. The van der Waals surface area contributed by atoms with Crippen LogP contribution in [0.3, 0.4) is 0 Å². The second-order valence-corrected chi connectivity index (χ2v) is 8.10. The van der Waals surface area contributed by atoms with Crippen LogP contribution >= 0.6 is 0 Å². The van der Waals surface area contributed by atoms with Crippen LogP contribution in [-0.2, 0) is 6.42 Å². The highest BCUT2D eigenvalue weighted by atomic mass is 19.1. The third kappa shape index (κ3) is 4.49. The molecule has 3 rings (SSSR count). The lowest BCUT2D eigenvalue weighted by molar-refractivity contribution is 0.171. The smallest absolute Gasteiger partial charge is 0.0829 e. The molecule has 0 N–H and O–H groups in total. The first-order valence-corrected chi connectivity index (χ1v) is 10.2. The minimum atomic E-state index is 0.504. The van der Waals surface area contributed by atoms with Crippen LogP contribution in [0.1, 0.15) is 81.8 Å². The zero-order valence-electron chi connectivity index (χ0n) is 15.2. The van der Waals surface area contributed by atoms with Gasteiger partial charge in [-0.1, -0.05) is 43.7 Å². The fourth-order valence-electron chi connectivity index (χ4n) is 5.08. The van der Waals surface area contributed by atoms with E-state index >= 15 is 0 Å². The summed E-state index contributed by atoms with van der Waals surface area (Å²) in [5, 5.41) is 0. The molecule has 1 heteroatoms. The SMILES string of the molecule is CCCc1ccc(C2CCC(C3CCC(/C=C/F)CC3)CC2)cc1. The summed E-state index contributed by atoms with van der Waals surface area (Å²) in [5.41, 5.74) is 3.04. The lowest BCUT2D eigenvalue weighted by Crippen LogP contribution is -2.25. The maximum Gasteiger partial charge on any atom is 0.0829 e. The van der Waals surface area contributed by atoms with Crippen LogP contribution in [0.15, 0.2) is 36.7 Å². The molecule has 1 aromatic carbocycles. The summed E-state index contributed by atoms with van der Waals surface area (Å²) in [6, 6.07) is 9.43. The van der Waals surface area contributed by atoms with Crippen LogP contribution in [0.2, 0.25) is 0 Å². The van der Waals surface area contributed by atoms with E-state index in [0.717, 1.165) is 24.1 Å². The van der Waals surface area contributed by atoms with E-state index in [9.17, 15) is 4.39 Å². The van der Waals surface area contributed by atoms with Gasteiger partial charge in [0, 0.05) is 0 Å². The monoisotopic (exact) mass is 328 g/mol. The Morgan fingerprint density at radius 2 is 1.46 bits per heavy atom. The predicted molar refractivity (Wildman–Crippen MR) is 101 cm³/mol. The molecule has 0 bridgehead atoms. The van der Waals surface area contributed by atoms with Gasteiger partial charge in [0.25, 0.3) is 0 Å². The molecule has 2 aliphatic carbocycles. The van der Waals surface area contributed by atoms with Gasteiger partial charge in [0.1, 0.15) is 0 Å². The molecule has 0 heterocycles. The number of halogens is 1. The van der Waals surface area contributed by atoms with Crippen molar-refractivity contribution in [3.63, 3.8) is 0 Å². The molecule has 2 fully saturated rings. The Labute approximate surface area is 147 Å². The van der Waals surface area contributed by atoms with E-state index < -0.39 is 0 Å². The molecule has 132 valence electrons. The first-order valence-electron chi connectivity index (χ1n) is 10.2. The van der Waals surface area contributed by atoms with E-state index in [2.05, 4.69) is 31.2 Å². The molecule has 2 aliphatic rings. The fourth-order valence-corrected chi connectivity index (χ4v) is 5.08. The number of rotatable bonds is 5. The van der Waals surface area contributed by atoms with Crippen LogP contribution in [0.25, 0.3) is 0 Å². The van der Waals surface area contributed by atoms with Gasteiger partial charge in [-0.05, 0) is 92.6 Å². The van der Waals surface area contributed by atoms with Crippen molar-refractivity contribution in [2.24, 2.45) is 17.8 Å². The van der Waals surface area contributed by atoms with Crippen molar-refractivity contribution in [3.8, 4) is 0 Å². The van der Waals surface area contributed by atoms with Crippen LogP contribution in [0.4, 0.5) is 4.39 Å². The van der Waals surface area contributed by atoms with E-state index in [1.54, 1.807) is 11.6 Å². The van der Waals surface area contributed by atoms with Crippen LogP contribution < -0.4 is 0 Å². The van der Waals surface area contributed by atoms with Crippen molar-refractivity contribution in [2.45, 2.75) is 77.0 Å². The number of hydrogen-bond donors (Lipinski definition) is 0. The van der Waals surface area contributed by atoms with Crippen LogP contribution in [0, 0.1) is 17.8 Å². The van der Waals surface area contributed by atoms with Gasteiger partial charge >= 0.3 is 0 Å². The molecular weight excluding hydrogens is 295 g/mol. The van der Waals surface area contributed by atoms with Gasteiger partial charge in [0.15, 0.2) is 0 Å². The average molecular weight is 329 g/mol. The highest BCUT2D eigenvalue weighted by molar-refractivity contribution is 5.26. The Kier molecular flexibility index (Phi) is 6.51. The third-order valence-electron chi connectivity index (χ3n) is 6.59. The molecule has 0 aromatic heterocycles. The van der Waals surface area contributed by atoms with Gasteiger partial charge in [-0.25, -0.2) is 4.39 Å². The maximum atomic E-state index is 12.3. The summed E-state index contributed by atoms with van der Waals surface area (Å²) in [6.45, 7) is 2.25. The van der Waals surface area contributed by atoms with Crippen LogP contribution in [0.5, 0.6) is 0 Å². The van der Waals surface area contributed by atoms with Gasteiger partial charge < -0.3 is 0 Å². The first kappa shape index (κ1) is 17.7. The van der Waals surface area contributed by atoms with Crippen LogP contribution in [-0.4, -0.2) is 0 Å². The number of benzene rings is 1. The summed E-state index contributed by atoms with van der Waals surface area (Å²) >= 11 is 0. The highest BCUT2D eigenvalue weighted by Crippen LogP contribution is 2.44. The molecule has 0 atom stereocenters. The second-order valence-electron chi connectivity index (χ2n) is 8.10. The Bertz CT molecular complexity index is 499. The Morgan fingerprint density at radius 3 is 2.00 bits per heavy atom. The molecule has 0 unspecified atom stereocenters. The lowest BCUT2D eigenvalue weighted by atomic mass is 9.68. The Hall–Kier alpha value is -1.11. The predicted octanol–water partition coefficient (Wildman–Crippen LogP) is 7.20. The number of hydrogen-bond acceptors (Lipinski definition) is 0. The first-order chi connectivity index (χ1) is 11.8. The Morgan fingerprint density at radius 1 is 0.875 bits per heavy atom. The van der Waals surface area contributed by atoms with Gasteiger partial charge in [-0.3, -0.25) is 0 Å². The van der Waals surface area contributed by atoms with E-state index in [1.807, 2.05) is 0 Å². The van der Waals surface area contributed by atoms with Gasteiger partial charge in [-0.15, -0.1) is 0 Å². The summed E-state index contributed by atoms with van der Waals surface area (Å²) < 4.78 is 12.3. The zero-order chi connectivity index (χ0) is 16.8. The van der Waals surface area contributed by atoms with Crippen molar-refractivity contribution in [1.82, 2.24) is 0 Å². The van der Waals surface area contributed by atoms with E-state index in [1.165, 1.54) is 69.8 Å². The minimum absolute atomic E-state index is 0.504. The summed E-state index contributed by atoms with van der Waals surface area (Å²) in [5.74, 6) is 3.12. The van der Waals surface area contributed by atoms with Gasteiger partial charge in [0.05, 0.1) is 6.33 Å². The van der Waals surface area contributed by atoms with Gasteiger partial charge in [-0.2, -0.15) is 0 Å². The average Bonchev–Trinajstić information content (AvgIpc) is 2.64. The topological polar surface area (TPSA) is 0 Å². The molecule has 1 aromatic rings. The van der Waals surface area contributed by atoms with Crippen molar-refractivity contribution < 1.29 is 4.39 Å². The molecule has 0 nitrogen and oxygen atoms in total. The van der Waals surface area contributed by atoms with E-state index in [-0.39, 0.29) is 0 Å². The maximum absolute atomic E-state index is 12.3. The van der Waals surface area contributed by atoms with Crippen molar-refractivity contribution >= 4 is 0 Å². The molecule has 0 spiro atoms. The van der Waals surface area contributed by atoms with Crippen molar-refractivity contribution in [1.29, 1.82) is 0 Å². The molecule has 24 heavy (non-hydrogen) atoms. The summed E-state index contributed by atoms with van der Waals surface area (Å²) in [4.78, 5) is 0. The van der Waals surface area contributed by atoms with Crippen molar-refractivity contribution in [3.05, 3.63) is 47.8 Å². The van der Waals surface area contributed by atoms with E-state index in [0.29, 0.717) is 5.92 Å². The zero-order valence-corrected chi connectivity index (χ0v) is 15.2. The lowest BCUT2D eigenvalue weighted by Gasteiger charge is -2.37. The highest BCUT2D eigenvalue weighted by Gasteiger charge is 2.30. The summed E-state index contributed by atoms with van der Waals surface area (Å²) in [7, 11) is 0. The summed E-state index contributed by atoms with van der Waals surface area (Å²) in [6.07, 6.45) is 15.5. The second kappa shape index (κ2) is 8.83. The molecule has 0 amide bonds. The quantitative estimate of drug-likeness (QED) is 0.536. The standard InChI is InChI=1S/C23H33F/c1-2-3-18-4-8-20(9-5-18)22-12-14-23(15-13-22)21-10-6-19(7-11-21)16-17-24/h4-5,8-9,16-17,19,21-23H,2-3,6-7,10-15H2,1H3/b17-16+. The number of aryl methyl sites for hydroxylation is 1. The van der Waals surface area contributed by atoms with Gasteiger partial charge in [0.2, 0.25) is 0 Å². The molecule has 2 saturated carbocycles.